The van der Waals surface area contributed by atoms with Gasteiger partial charge in [0.1, 0.15) is 5.82 Å². The van der Waals surface area contributed by atoms with Gasteiger partial charge in [0.15, 0.2) is 6.04 Å². The second-order valence-corrected chi connectivity index (χ2v) is 7.30. The highest BCUT2D eigenvalue weighted by Gasteiger charge is 2.46. The van der Waals surface area contributed by atoms with Gasteiger partial charge in [-0.05, 0) is 36.4 Å². The van der Waals surface area contributed by atoms with Crippen molar-refractivity contribution < 1.29 is 18.9 Å². The molecule has 5 nitrogen and oxygen atoms in total. The van der Waals surface area contributed by atoms with E-state index in [0.29, 0.717) is 5.69 Å². The van der Waals surface area contributed by atoms with E-state index >= 15 is 0 Å². The highest BCUT2D eigenvalue weighted by atomic mass is 35.5. The number of nitrogens with one attached hydrogen (secondary N) is 1. The highest BCUT2D eigenvalue weighted by molar-refractivity contribution is 6.33. The summed E-state index contributed by atoms with van der Waals surface area (Å²) in [6, 6.07) is 12.8. The number of nitrogens with zero attached hydrogens (tertiary/aromatic N) is 2. The van der Waals surface area contributed by atoms with Crippen molar-refractivity contribution in [3.63, 3.8) is 0 Å². The number of carbonyl (C=O) groups excluding carboxylic acids is 2. The Kier molecular flexibility index (Phi) is 4.85. The van der Waals surface area contributed by atoms with Gasteiger partial charge in [-0.3, -0.25) is 9.59 Å². The number of amides is 2. The molecule has 0 bridgehead atoms. The fourth-order valence-corrected chi connectivity index (χ4v) is 4.16. The molecule has 0 saturated carbocycles. The number of halogens is 2. The molecule has 1 atom stereocenters. The minimum absolute atomic E-state index is 0.192. The predicted molar refractivity (Wildman–Crippen MR) is 102 cm³/mol. The van der Waals surface area contributed by atoms with Crippen LogP contribution in [0.1, 0.15) is 6.42 Å². The van der Waals surface area contributed by atoms with E-state index in [9.17, 15) is 14.0 Å². The Labute approximate surface area is 161 Å². The van der Waals surface area contributed by atoms with Gasteiger partial charge in [0.25, 0.3) is 5.91 Å². The van der Waals surface area contributed by atoms with Crippen LogP contribution < -0.4 is 14.7 Å². The SMILES string of the molecule is O=C1C[C@@H]([NH+]2CCN(c3ccccc3Cl)CC2)C(=O)N1c1ccc(F)cc1. The minimum Gasteiger partial charge on any atom is -0.359 e. The lowest BCUT2D eigenvalue weighted by atomic mass is 10.1. The Morgan fingerprint density at radius 1 is 1.00 bits per heavy atom. The summed E-state index contributed by atoms with van der Waals surface area (Å²) in [4.78, 5) is 29.8. The Balaban J connectivity index is 1.44. The summed E-state index contributed by atoms with van der Waals surface area (Å²) in [6.45, 7) is 3.06. The first-order valence-electron chi connectivity index (χ1n) is 9.01. The van der Waals surface area contributed by atoms with Gasteiger partial charge in [0, 0.05) is 0 Å². The Morgan fingerprint density at radius 3 is 2.33 bits per heavy atom. The molecular formula is C20H20ClFN3O2+. The van der Waals surface area contributed by atoms with E-state index in [-0.39, 0.29) is 24.3 Å². The number of imide groups is 1. The molecule has 2 aliphatic rings. The van der Waals surface area contributed by atoms with Crippen LogP contribution in [0.15, 0.2) is 48.5 Å². The second-order valence-electron chi connectivity index (χ2n) is 6.90. The quantitative estimate of drug-likeness (QED) is 0.811. The third-order valence-corrected chi connectivity index (χ3v) is 5.64. The molecular weight excluding hydrogens is 369 g/mol. The molecule has 2 aromatic rings. The lowest BCUT2D eigenvalue weighted by molar-refractivity contribution is -0.915. The summed E-state index contributed by atoms with van der Waals surface area (Å²) in [6.07, 6.45) is 0.192. The number of benzene rings is 2. The van der Waals surface area contributed by atoms with E-state index in [1.807, 2.05) is 24.3 Å². The van der Waals surface area contributed by atoms with E-state index in [1.165, 1.54) is 29.2 Å². The van der Waals surface area contributed by atoms with Crippen molar-refractivity contribution >= 4 is 34.8 Å². The van der Waals surface area contributed by atoms with E-state index in [0.717, 1.165) is 41.8 Å². The van der Waals surface area contributed by atoms with E-state index in [2.05, 4.69) is 4.90 Å². The number of carbonyl (C=O) groups is 2. The molecule has 0 radical (unpaired) electrons. The molecule has 2 heterocycles. The van der Waals surface area contributed by atoms with Crippen LogP contribution in [0.5, 0.6) is 0 Å². The normalized spacial score (nSPS) is 21.2. The monoisotopic (exact) mass is 388 g/mol. The molecule has 2 aromatic carbocycles. The van der Waals surface area contributed by atoms with Crippen LogP contribution in [0.4, 0.5) is 15.8 Å². The van der Waals surface area contributed by atoms with Gasteiger partial charge in [-0.25, -0.2) is 9.29 Å². The summed E-state index contributed by atoms with van der Waals surface area (Å²) in [5, 5.41) is 0.718. The summed E-state index contributed by atoms with van der Waals surface area (Å²) in [5.41, 5.74) is 1.43. The lowest BCUT2D eigenvalue weighted by Crippen LogP contribution is -3.19. The van der Waals surface area contributed by atoms with Crippen molar-refractivity contribution in [1.29, 1.82) is 0 Å². The zero-order valence-corrected chi connectivity index (χ0v) is 15.5. The van der Waals surface area contributed by atoms with Crippen molar-refractivity contribution in [2.24, 2.45) is 0 Å². The fraction of sp³-hybridized carbons (Fsp3) is 0.300. The summed E-state index contributed by atoms with van der Waals surface area (Å²) in [5.74, 6) is -0.818. The summed E-state index contributed by atoms with van der Waals surface area (Å²) >= 11 is 6.28. The molecule has 2 aliphatic heterocycles. The van der Waals surface area contributed by atoms with Gasteiger partial charge in [-0.15, -0.1) is 0 Å². The van der Waals surface area contributed by atoms with Crippen LogP contribution in [0, 0.1) is 5.82 Å². The largest absolute Gasteiger partial charge is 0.359 e. The van der Waals surface area contributed by atoms with Gasteiger partial charge >= 0.3 is 0 Å². The number of hydrogen-bond donors (Lipinski definition) is 1. The maximum atomic E-state index is 13.1. The number of para-hydroxylation sites is 1. The number of quaternary nitrogens is 1. The Bertz CT molecular complexity index is 866. The van der Waals surface area contributed by atoms with E-state index in [4.69, 9.17) is 11.6 Å². The highest BCUT2D eigenvalue weighted by Crippen LogP contribution is 2.25. The maximum absolute atomic E-state index is 13.1. The number of rotatable bonds is 3. The van der Waals surface area contributed by atoms with Crippen LogP contribution >= 0.6 is 11.6 Å². The van der Waals surface area contributed by atoms with Gasteiger partial charge in [0.05, 0.1) is 49.0 Å². The molecule has 2 amide bonds. The number of hydrogen-bond acceptors (Lipinski definition) is 3. The van der Waals surface area contributed by atoms with Crippen LogP contribution in [0.25, 0.3) is 0 Å². The van der Waals surface area contributed by atoms with Gasteiger partial charge in [-0.1, -0.05) is 23.7 Å². The van der Waals surface area contributed by atoms with E-state index < -0.39 is 5.82 Å². The molecule has 0 aromatic heterocycles. The number of piperazine rings is 1. The standard InChI is InChI=1S/C20H19ClFN3O2/c21-16-3-1-2-4-17(16)23-9-11-24(12-10-23)18-13-19(26)25(20(18)27)15-7-5-14(22)6-8-15/h1-8,18H,9-13H2/p+1/t18-/m1/s1. The second kappa shape index (κ2) is 7.29. The summed E-state index contributed by atoms with van der Waals surface area (Å²) in [7, 11) is 0. The molecule has 0 aliphatic carbocycles. The first-order chi connectivity index (χ1) is 13.0. The molecule has 0 unspecified atom stereocenters. The molecule has 7 heteroatoms. The van der Waals surface area contributed by atoms with Crippen molar-refractivity contribution in [1.82, 2.24) is 0 Å². The van der Waals surface area contributed by atoms with Crippen LogP contribution in [-0.2, 0) is 9.59 Å². The average molecular weight is 389 g/mol. The predicted octanol–water partition coefficient (Wildman–Crippen LogP) is 1.52. The van der Waals surface area contributed by atoms with Gasteiger partial charge in [0.2, 0.25) is 5.91 Å². The van der Waals surface area contributed by atoms with Crippen LogP contribution in [0.3, 0.4) is 0 Å². The zero-order chi connectivity index (χ0) is 19.0. The minimum atomic E-state index is -0.393. The molecule has 1 N–H and O–H groups in total. The van der Waals surface area contributed by atoms with Crippen LogP contribution in [-0.4, -0.2) is 44.0 Å². The van der Waals surface area contributed by atoms with Gasteiger partial charge in [-0.2, -0.15) is 0 Å². The third-order valence-electron chi connectivity index (χ3n) is 5.32. The first-order valence-corrected chi connectivity index (χ1v) is 9.39. The third kappa shape index (κ3) is 3.42. The van der Waals surface area contributed by atoms with Crippen LogP contribution in [0.2, 0.25) is 5.02 Å². The average Bonchev–Trinajstić information content (AvgIpc) is 2.97. The van der Waals surface area contributed by atoms with Crippen molar-refractivity contribution in [2.75, 3.05) is 36.0 Å². The number of anilines is 2. The van der Waals surface area contributed by atoms with Crippen molar-refractivity contribution in [3.8, 4) is 0 Å². The maximum Gasteiger partial charge on any atom is 0.292 e. The molecule has 140 valence electrons. The summed E-state index contributed by atoms with van der Waals surface area (Å²) < 4.78 is 13.1. The Morgan fingerprint density at radius 2 is 1.67 bits per heavy atom. The molecule has 4 rings (SSSR count). The lowest BCUT2D eigenvalue weighted by Gasteiger charge is -2.36. The molecule has 2 fully saturated rings. The molecule has 0 spiro atoms. The van der Waals surface area contributed by atoms with E-state index in [1.54, 1.807) is 0 Å². The topological polar surface area (TPSA) is 45.1 Å². The Hall–Kier alpha value is -2.44. The van der Waals surface area contributed by atoms with Crippen molar-refractivity contribution in [3.05, 3.63) is 59.4 Å². The van der Waals surface area contributed by atoms with Crippen molar-refractivity contribution in [2.45, 2.75) is 12.5 Å². The molecule has 27 heavy (non-hydrogen) atoms. The zero-order valence-electron chi connectivity index (χ0n) is 14.7. The first kappa shape index (κ1) is 17.9. The smallest absolute Gasteiger partial charge is 0.292 e. The molecule has 2 saturated heterocycles. The fourth-order valence-electron chi connectivity index (χ4n) is 3.90. The van der Waals surface area contributed by atoms with Gasteiger partial charge < -0.3 is 9.80 Å².